The van der Waals surface area contributed by atoms with E-state index in [0.29, 0.717) is 112 Å². The molecule has 40 nitrogen and oxygen atoms in total. The Morgan fingerprint density at radius 1 is 0.559 bits per heavy atom. The third kappa shape index (κ3) is 27.1. The van der Waals surface area contributed by atoms with Crippen molar-refractivity contribution in [2.75, 3.05) is 32.9 Å². The molecule has 0 radical (unpaired) electrons. The molecule has 19 atom stereocenters. The van der Waals surface area contributed by atoms with Crippen molar-refractivity contribution < 1.29 is 130 Å². The number of fused-ring (bicyclic) bond motifs is 7. The first-order valence-electron chi connectivity index (χ1n) is 50.1. The van der Waals surface area contributed by atoms with E-state index in [4.69, 9.17) is 14.4 Å². The number of aliphatic hydroxyl groups excluding tert-OH is 3. The number of allylic oxidation sites excluding steroid dienone is 9. The van der Waals surface area contributed by atoms with Gasteiger partial charge in [-0.2, -0.15) is 0 Å². The number of hydrogen-bond acceptors (Lipinski definition) is 27. The number of imide groups is 8. The second-order valence-electron chi connectivity index (χ2n) is 40.4. The van der Waals surface area contributed by atoms with Gasteiger partial charge in [0.25, 0.3) is 0 Å². The molecule has 17 aliphatic rings. The Bertz CT molecular complexity index is 5330. The molecule has 0 spiro atoms. The molecule has 42 heteroatoms. The highest BCUT2D eigenvalue weighted by atomic mass is 35.5. The maximum Gasteiger partial charge on any atom is 0.333 e. The van der Waals surface area contributed by atoms with Crippen molar-refractivity contribution in [2.45, 2.75) is 293 Å². The number of carbonyl (C=O) groups excluding carboxylic acids is 19. The van der Waals surface area contributed by atoms with E-state index in [9.17, 15) is 111 Å². The summed E-state index contributed by atoms with van der Waals surface area (Å²) in [5, 5.41) is 46.8. The van der Waals surface area contributed by atoms with Gasteiger partial charge in [-0.1, -0.05) is 155 Å². The van der Waals surface area contributed by atoms with E-state index in [0.717, 1.165) is 102 Å². The number of Topliss-reactive ketones (excluding diaryl/α,β-unsaturated/α-hetero) is 1. The number of aliphatic hydroxyl groups is 3. The van der Waals surface area contributed by atoms with Crippen molar-refractivity contribution in [3.63, 3.8) is 0 Å². The average Bonchev–Trinajstić information content (AvgIpc) is 1.57. The van der Waals surface area contributed by atoms with Gasteiger partial charge in [-0.25, -0.2) is 14.5 Å². The highest BCUT2D eigenvalue weighted by molar-refractivity contribution is 7.51. The van der Waals surface area contributed by atoms with Crippen LogP contribution in [0.3, 0.4) is 0 Å². The fraction of sp³-hybridized carbons (Fsp3) is 0.583. The van der Waals surface area contributed by atoms with Crippen LogP contribution in [0, 0.1) is 60.2 Å². The predicted octanol–water partition coefficient (Wildman–Crippen LogP) is 6.53. The number of piperidine rings is 6. The van der Waals surface area contributed by atoms with E-state index in [1.54, 1.807) is 6.92 Å². The molecular formula is C103H135ClN13O27P. The summed E-state index contributed by atoms with van der Waals surface area (Å²) in [6.45, 7) is 22.8. The van der Waals surface area contributed by atoms with Crippen molar-refractivity contribution in [1.29, 1.82) is 0 Å². The van der Waals surface area contributed by atoms with Crippen LogP contribution in [0.25, 0.3) is 0 Å². The summed E-state index contributed by atoms with van der Waals surface area (Å²) in [5.74, 6) is -6.47. The molecule has 0 aromatic heterocycles. The van der Waals surface area contributed by atoms with Gasteiger partial charge >= 0.3 is 19.7 Å². The number of urea groups is 2. The molecule has 20 amide bonds. The maximum atomic E-state index is 13.1. The fourth-order valence-corrected chi connectivity index (χ4v) is 23.2. The predicted molar refractivity (Wildman–Crippen MR) is 522 cm³/mol. The Morgan fingerprint density at radius 3 is 1.54 bits per heavy atom. The van der Waals surface area contributed by atoms with Gasteiger partial charge in [0.05, 0.1) is 65.8 Å². The zero-order valence-electron chi connectivity index (χ0n) is 82.5. The van der Waals surface area contributed by atoms with Crippen molar-refractivity contribution in [2.24, 2.45) is 53.3 Å². The Hall–Kier alpha value is -11.6. The fourth-order valence-electron chi connectivity index (χ4n) is 22.7. The normalized spacial score (nSPS) is 30.6. The zero-order chi connectivity index (χ0) is 104. The van der Waals surface area contributed by atoms with Crippen LogP contribution in [0.5, 0.6) is 0 Å². The van der Waals surface area contributed by atoms with Crippen LogP contribution in [-0.2, 0) is 112 Å². The third-order valence-electron chi connectivity index (χ3n) is 30.1. The number of carbonyl (C=O) groups is 19. The standard InChI is InChI=1S/C24H28N2O2.C17H25NO4.C14H16N2O4.C14H18N2O3.C14H16N2O3.C10H15N2O9P.C10H16N2O2.ClH/c1-18-7-9-19(10-8-18)17-26-15-12-21(13-16-26)24(20-5-3-2-4-6-20)14-11-22(27)25-23(24)28;1-4-5-11(2)6-12(3)15(20)10-14(19)7-13-8-16(21)18-17(22)9-13;1-6-2-3-7(12(17)15-6)16-13(18)10-8-4-5-9(20-8)11(10)14(16)19;2*1-8-6-7-11(12(17)15-8)16-13(18)9-4-2-3-5-10(9)14(16)19;1-22(18,19)20-3-4-7(15)8(16)9(21-4)12-6(14)2-5(13)11-10(12)17;13-9-6-7-12(10(14)11-9)8-4-2-1-3-5-8;/h2-10,21H,11-17H2,1H3,(H,25,27,28);4-6,12-14,19H,7-10H2,1-3H3,(H,18,21,22);7-11H,1-5H2,(H,15,17);9-11H,1-7H2,(H,15,17);2-3,9-11H,1,4-7H2,(H,15,17);4,7-9,15-16H,2-3H2,1H3,(H,18,19)(H,11,13,17);8H,1-7H2,(H,11,13,14);1H/b;5-4+,11-6+;;;;;;/t24-;12-,14+;7-,8-,9+,10+,11-;2*9-,10+,11-;4-,7-,8+,9+;;/m000001../s1. The Morgan fingerprint density at radius 2 is 1.06 bits per heavy atom. The molecule has 145 heavy (non-hydrogen) atoms. The van der Waals surface area contributed by atoms with E-state index >= 15 is 0 Å². The van der Waals surface area contributed by atoms with Crippen LogP contribution in [0.1, 0.15) is 224 Å². The highest BCUT2D eigenvalue weighted by Gasteiger charge is 2.65. The van der Waals surface area contributed by atoms with E-state index < -0.39 is 92.7 Å². The Balaban J connectivity index is 0.000000152. The number of barbiturate groups is 1. The smallest absolute Gasteiger partial charge is 0.333 e. The van der Waals surface area contributed by atoms with Gasteiger partial charge in [0.1, 0.15) is 48.6 Å². The number of rotatable bonds is 19. The number of hydrogen-bond donors (Lipinski definition) is 11. The number of nitrogens with one attached hydrogen (secondary N) is 7. The number of nitrogens with zero attached hydrogens (tertiary/aromatic N) is 6. The van der Waals surface area contributed by atoms with E-state index in [1.807, 2.05) is 84.8 Å². The molecule has 2 bridgehead atoms. The topological polar surface area (TPSA) is 554 Å². The molecule has 1 unspecified atom stereocenters. The van der Waals surface area contributed by atoms with Gasteiger partial charge in [-0.3, -0.25) is 127 Å². The highest BCUT2D eigenvalue weighted by Crippen LogP contribution is 2.51. The van der Waals surface area contributed by atoms with Gasteiger partial charge in [0, 0.05) is 80.9 Å². The maximum absolute atomic E-state index is 13.1. The second-order valence-corrected chi connectivity index (χ2v) is 42.2. The number of ketones is 1. The first-order valence-corrected chi connectivity index (χ1v) is 52.2. The van der Waals surface area contributed by atoms with E-state index in [2.05, 4.69) is 92.3 Å². The lowest BCUT2D eigenvalue weighted by Crippen LogP contribution is -2.59. The van der Waals surface area contributed by atoms with Gasteiger partial charge in [-0.15, -0.1) is 12.4 Å². The molecule has 786 valence electrons. The van der Waals surface area contributed by atoms with Crippen LogP contribution in [0.15, 0.2) is 127 Å². The van der Waals surface area contributed by atoms with Gasteiger partial charge < -0.3 is 55.1 Å². The number of aryl methyl sites for hydroxylation is 1. The molecule has 16 fully saturated rings. The summed E-state index contributed by atoms with van der Waals surface area (Å²) in [6, 6.07) is 15.9. The molecule has 19 rings (SSSR count). The number of amides is 20. The molecule has 2 aromatic carbocycles. The molecule has 14 saturated heterocycles. The van der Waals surface area contributed by atoms with Crippen molar-refractivity contribution in [3.05, 3.63) is 144 Å². The number of benzene rings is 2. The van der Waals surface area contributed by atoms with Gasteiger partial charge in [0.2, 0.25) is 94.5 Å². The van der Waals surface area contributed by atoms with Crippen molar-refractivity contribution in [3.8, 4) is 0 Å². The van der Waals surface area contributed by atoms with Crippen LogP contribution in [-0.4, -0.2) is 262 Å². The van der Waals surface area contributed by atoms with E-state index in [1.165, 1.54) is 45.1 Å². The molecule has 3 aliphatic carbocycles. The van der Waals surface area contributed by atoms with Crippen LogP contribution in [0.4, 0.5) is 9.59 Å². The largest absolute Gasteiger partial charge is 0.393 e. The lowest BCUT2D eigenvalue weighted by atomic mass is 9.62. The monoisotopic (exact) mass is 2050 g/mol. The lowest BCUT2D eigenvalue weighted by molar-refractivity contribution is -0.151. The van der Waals surface area contributed by atoms with Crippen LogP contribution >= 0.6 is 20.0 Å². The summed E-state index contributed by atoms with van der Waals surface area (Å²) in [6.07, 6.45) is 21.9. The average molecular weight is 2050 g/mol. The number of halogens is 1. The Kier molecular flexibility index (Phi) is 38.5. The van der Waals surface area contributed by atoms with Crippen LogP contribution in [0.2, 0.25) is 0 Å². The summed E-state index contributed by atoms with van der Waals surface area (Å²) >= 11 is 0. The summed E-state index contributed by atoms with van der Waals surface area (Å²) in [5.41, 5.74) is 6.06. The SMILES string of the molecule is C/C=C/C(C)=C/[C@H](C)C(=O)C[C@H](O)CC1CC(=O)NC(=O)C1.C=C1CC[C@H](N2C(=O)[C@@H]3[C@H](C2=O)[C@@H]2CC[C@H]3O2)C(=O)N1.C=C1CC[C@H](N2C(=O)[C@H]3CC=CC[C@H]3C2=O)C(=O)N1.C=C1CC[C@H](N2C(=O)[C@H]3CCCC[C@H]3C2=O)C(=O)N1.CP(=O)(O)OC[C@H]1O[C@H](N2C(=O)CC(=O)NC2=O)[C@@H](O)[C@@H]1O.Cc1ccc(CN2CCC([C@@]3(c4ccccc4)CCC(=O)NC3=O)CC2)cc1.Cl.O=C1CCN(C2CCCCC2)C(=O)N1. The first kappa shape index (κ1) is 112. The minimum absolute atomic E-state index is 0. The molecule has 2 aromatic rings. The quantitative estimate of drug-likeness (QED) is 0.0234. The lowest BCUT2D eigenvalue weighted by Gasteiger charge is -2.45. The Labute approximate surface area is 847 Å². The molecular weight excluding hydrogens is 1920 g/mol. The molecule has 2 saturated carbocycles. The van der Waals surface area contributed by atoms with Crippen molar-refractivity contribution in [1.82, 2.24) is 66.6 Å². The van der Waals surface area contributed by atoms with E-state index in [-0.39, 0.29) is 192 Å². The summed E-state index contributed by atoms with van der Waals surface area (Å²) < 4.78 is 26.5. The summed E-state index contributed by atoms with van der Waals surface area (Å²) in [7, 11) is -3.83. The molecule has 14 heterocycles. The third-order valence-corrected chi connectivity index (χ3v) is 30.7. The van der Waals surface area contributed by atoms with Crippen LogP contribution < -0.4 is 37.2 Å². The molecule has 11 N–H and O–H groups in total. The zero-order valence-corrected chi connectivity index (χ0v) is 84.2. The van der Waals surface area contributed by atoms with Gasteiger partial charge in [0.15, 0.2) is 6.23 Å². The first-order chi connectivity index (χ1) is 68.5. The van der Waals surface area contributed by atoms with Gasteiger partial charge in [-0.05, 0) is 172 Å². The van der Waals surface area contributed by atoms with Crippen molar-refractivity contribution >= 4 is 132 Å². The number of likely N-dealkylation sites (tertiary alicyclic amines) is 4. The minimum atomic E-state index is -3.83. The number of ether oxygens (including phenoxy) is 2. The summed E-state index contributed by atoms with van der Waals surface area (Å²) in [4.78, 5) is 244. The minimum Gasteiger partial charge on any atom is -0.393 e. The second kappa shape index (κ2) is 49.7. The molecule has 14 aliphatic heterocycles.